The normalized spacial score (nSPS) is 16.6. The summed E-state index contributed by atoms with van der Waals surface area (Å²) in [5.74, 6) is 1.18. The lowest BCUT2D eigenvalue weighted by molar-refractivity contribution is 0.306. The van der Waals surface area contributed by atoms with Gasteiger partial charge in [-0.1, -0.05) is 91.0 Å². The molecule has 0 amide bonds. The zero-order valence-corrected chi connectivity index (χ0v) is 18.1. The summed E-state index contributed by atoms with van der Waals surface area (Å²) in [5.41, 5.74) is 5.29. The molecule has 1 atom stereocenters. The maximum Gasteiger partial charge on any atom is 0.119 e. The molecule has 1 unspecified atom stereocenters. The van der Waals surface area contributed by atoms with Crippen LogP contribution in [0.2, 0.25) is 0 Å². The number of fused-ring (bicyclic) bond motifs is 5. The summed E-state index contributed by atoms with van der Waals surface area (Å²) in [6.07, 6.45) is 13.1. The monoisotopic (exact) mass is 414 g/mol. The first-order chi connectivity index (χ1) is 15.8. The van der Waals surface area contributed by atoms with Crippen molar-refractivity contribution in [2.45, 2.75) is 31.8 Å². The lowest BCUT2D eigenvalue weighted by Crippen LogP contribution is -2.19. The third kappa shape index (κ3) is 3.54. The van der Waals surface area contributed by atoms with Gasteiger partial charge >= 0.3 is 0 Å². The molecule has 0 aromatic heterocycles. The van der Waals surface area contributed by atoms with Gasteiger partial charge in [0.05, 0.1) is 0 Å². The van der Waals surface area contributed by atoms with Crippen molar-refractivity contribution in [1.29, 1.82) is 0 Å². The number of aryl methyl sites for hydroxylation is 1. The summed E-state index contributed by atoms with van der Waals surface area (Å²) >= 11 is 0. The highest BCUT2D eigenvalue weighted by atomic mass is 16.5. The predicted molar refractivity (Wildman–Crippen MR) is 134 cm³/mol. The highest BCUT2D eigenvalue weighted by Crippen LogP contribution is 2.27. The first kappa shape index (κ1) is 19.1. The van der Waals surface area contributed by atoms with E-state index >= 15 is 0 Å². The Morgan fingerprint density at radius 3 is 2.47 bits per heavy atom. The molecule has 4 aromatic carbocycles. The summed E-state index contributed by atoms with van der Waals surface area (Å²) in [6.45, 7) is 0.594. The highest BCUT2D eigenvalue weighted by Gasteiger charge is 2.13. The largest absolute Gasteiger partial charge is 0.489 e. The van der Waals surface area contributed by atoms with Crippen LogP contribution in [0.5, 0.6) is 5.75 Å². The molecule has 6 rings (SSSR count). The van der Waals surface area contributed by atoms with Crippen molar-refractivity contribution >= 4 is 29.0 Å². The smallest absolute Gasteiger partial charge is 0.119 e. The first-order valence-electron chi connectivity index (χ1n) is 11.6. The zero-order valence-electron chi connectivity index (χ0n) is 18.1. The Morgan fingerprint density at radius 1 is 0.781 bits per heavy atom. The Kier molecular flexibility index (Phi) is 4.88. The second kappa shape index (κ2) is 8.16. The van der Waals surface area contributed by atoms with Crippen molar-refractivity contribution in [2.75, 3.05) is 0 Å². The van der Waals surface area contributed by atoms with Crippen molar-refractivity contribution in [3.63, 3.8) is 0 Å². The molecule has 0 N–H and O–H groups in total. The summed E-state index contributed by atoms with van der Waals surface area (Å²) < 4.78 is 5.97. The van der Waals surface area contributed by atoms with Crippen LogP contribution in [-0.4, -0.2) is 0 Å². The molecule has 0 saturated carbocycles. The van der Waals surface area contributed by atoms with Crippen LogP contribution in [0, 0.1) is 0 Å². The molecule has 0 fully saturated rings. The molecule has 0 heterocycles. The van der Waals surface area contributed by atoms with Crippen molar-refractivity contribution in [3.05, 3.63) is 118 Å². The molecule has 0 bridgehead atoms. The molecule has 0 spiro atoms. The van der Waals surface area contributed by atoms with Gasteiger partial charge in [-0.05, 0) is 74.9 Å². The van der Waals surface area contributed by atoms with Gasteiger partial charge in [-0.15, -0.1) is 0 Å². The van der Waals surface area contributed by atoms with Crippen molar-refractivity contribution in [2.24, 2.45) is 0 Å². The molecule has 0 radical (unpaired) electrons. The molecular weight excluding hydrogens is 388 g/mol. The van der Waals surface area contributed by atoms with Gasteiger partial charge in [-0.2, -0.15) is 0 Å². The van der Waals surface area contributed by atoms with Gasteiger partial charge in [0.25, 0.3) is 0 Å². The van der Waals surface area contributed by atoms with E-state index in [1.807, 2.05) is 18.2 Å². The number of hydrogen-bond donors (Lipinski definition) is 0. The number of allylic oxidation sites excluding steroid dienone is 1. The predicted octanol–water partition coefficient (Wildman–Crippen LogP) is 6.13. The number of ether oxygens (including phenoxy) is 1. The van der Waals surface area contributed by atoms with E-state index in [0.29, 0.717) is 6.61 Å². The molecule has 4 aromatic rings. The molecular formula is C31H26O. The third-order valence-corrected chi connectivity index (χ3v) is 6.75. The van der Waals surface area contributed by atoms with E-state index in [1.54, 1.807) is 0 Å². The van der Waals surface area contributed by atoms with Gasteiger partial charge < -0.3 is 4.74 Å². The Labute approximate surface area is 189 Å². The van der Waals surface area contributed by atoms with Gasteiger partial charge in [0.2, 0.25) is 0 Å². The maximum absolute atomic E-state index is 5.97. The van der Waals surface area contributed by atoms with E-state index in [0.717, 1.165) is 5.75 Å². The Hall–Kier alpha value is -3.58. The van der Waals surface area contributed by atoms with Gasteiger partial charge in [0.1, 0.15) is 12.4 Å². The number of benzene rings is 4. The van der Waals surface area contributed by atoms with Crippen LogP contribution in [0.4, 0.5) is 0 Å². The topological polar surface area (TPSA) is 9.23 Å². The minimum atomic E-state index is 0.274. The van der Waals surface area contributed by atoms with E-state index < -0.39 is 0 Å². The minimum Gasteiger partial charge on any atom is -0.489 e. The molecule has 2 aliphatic rings. The van der Waals surface area contributed by atoms with Gasteiger partial charge in [-0.3, -0.25) is 0 Å². The molecule has 1 nitrogen and oxygen atoms in total. The SMILES string of the molecule is C1=CC(c2ccc(OCc3ccccc3)cc2)C=c2c1ccc1c3c(ccc21)CCCC=3. The lowest BCUT2D eigenvalue weighted by Gasteiger charge is -2.17. The quantitative estimate of drug-likeness (QED) is 0.390. The average molecular weight is 415 g/mol. The van der Waals surface area contributed by atoms with Crippen LogP contribution in [0.15, 0.2) is 84.9 Å². The molecule has 0 aliphatic heterocycles. The molecule has 1 heteroatoms. The molecule has 156 valence electrons. The standard InChI is InChI=1S/C31H26O/c1-2-6-22(7-3-1)21-32-27-16-12-23(13-17-27)26-11-10-25-15-18-29-28-9-5-4-8-24(28)14-19-30(29)31(25)20-26/h1-3,6-7,9-20,26H,4-5,8,21H2. The summed E-state index contributed by atoms with van der Waals surface area (Å²) in [6, 6.07) is 28.1. The third-order valence-electron chi connectivity index (χ3n) is 6.75. The molecule has 2 aliphatic carbocycles. The fraction of sp³-hybridized carbons (Fsp3) is 0.161. The van der Waals surface area contributed by atoms with Crippen LogP contribution in [-0.2, 0) is 13.0 Å². The van der Waals surface area contributed by atoms with Crippen LogP contribution in [0.1, 0.15) is 41.0 Å². The van der Waals surface area contributed by atoms with E-state index in [4.69, 9.17) is 4.74 Å². The van der Waals surface area contributed by atoms with Crippen LogP contribution >= 0.6 is 0 Å². The van der Waals surface area contributed by atoms with Crippen LogP contribution in [0.3, 0.4) is 0 Å². The summed E-state index contributed by atoms with van der Waals surface area (Å²) in [7, 11) is 0. The zero-order chi connectivity index (χ0) is 21.3. The van der Waals surface area contributed by atoms with E-state index in [2.05, 4.69) is 85.0 Å². The van der Waals surface area contributed by atoms with E-state index in [-0.39, 0.29) is 5.92 Å². The van der Waals surface area contributed by atoms with Crippen LogP contribution < -0.4 is 15.2 Å². The van der Waals surface area contributed by atoms with Gasteiger partial charge in [-0.25, -0.2) is 0 Å². The second-order valence-corrected chi connectivity index (χ2v) is 8.79. The molecule has 0 saturated heterocycles. The second-order valence-electron chi connectivity index (χ2n) is 8.79. The highest BCUT2D eigenvalue weighted by molar-refractivity contribution is 5.89. The minimum absolute atomic E-state index is 0.274. The average Bonchev–Trinajstić information content (AvgIpc) is 2.87. The van der Waals surface area contributed by atoms with Crippen molar-refractivity contribution in [1.82, 2.24) is 0 Å². The Morgan fingerprint density at radius 2 is 1.59 bits per heavy atom. The maximum atomic E-state index is 5.97. The van der Waals surface area contributed by atoms with Gasteiger partial charge in [0.15, 0.2) is 0 Å². The summed E-state index contributed by atoms with van der Waals surface area (Å²) in [4.78, 5) is 0. The number of hydrogen-bond acceptors (Lipinski definition) is 1. The van der Waals surface area contributed by atoms with E-state index in [1.165, 1.54) is 62.7 Å². The summed E-state index contributed by atoms with van der Waals surface area (Å²) in [5, 5.41) is 5.59. The Bertz CT molecular complexity index is 1430. The Balaban J connectivity index is 1.31. The van der Waals surface area contributed by atoms with Crippen molar-refractivity contribution in [3.8, 4) is 5.75 Å². The lowest BCUT2D eigenvalue weighted by atomic mass is 9.88. The first-order valence-corrected chi connectivity index (χ1v) is 11.6. The van der Waals surface area contributed by atoms with E-state index in [9.17, 15) is 0 Å². The van der Waals surface area contributed by atoms with Crippen LogP contribution in [0.25, 0.3) is 29.0 Å². The fourth-order valence-electron chi connectivity index (χ4n) is 5.02. The van der Waals surface area contributed by atoms with Crippen molar-refractivity contribution < 1.29 is 4.74 Å². The molecule has 32 heavy (non-hydrogen) atoms. The fourth-order valence-corrected chi connectivity index (χ4v) is 5.02. The number of rotatable bonds is 4. The van der Waals surface area contributed by atoms with Gasteiger partial charge in [0, 0.05) is 5.92 Å².